The Hall–Kier alpha value is -1.01. The molecule has 0 amide bonds. The van der Waals surface area contributed by atoms with Crippen LogP contribution in [0.25, 0.3) is 0 Å². The van der Waals surface area contributed by atoms with Crippen molar-refractivity contribution in [3.05, 3.63) is 0 Å². The van der Waals surface area contributed by atoms with Crippen LogP contribution >= 0.6 is 0 Å². The Labute approximate surface area is 91.8 Å². The van der Waals surface area contributed by atoms with Crippen LogP contribution in [-0.4, -0.2) is 37.1 Å². The van der Waals surface area contributed by atoms with Crippen LogP contribution in [0.1, 0.15) is 26.2 Å². The highest BCUT2D eigenvalue weighted by Crippen LogP contribution is 2.17. The summed E-state index contributed by atoms with van der Waals surface area (Å²) in [7, 11) is 0. The van der Waals surface area contributed by atoms with Gasteiger partial charge in [-0.3, -0.25) is 4.79 Å². The lowest BCUT2D eigenvalue weighted by Crippen LogP contribution is -2.39. The van der Waals surface area contributed by atoms with Gasteiger partial charge in [0.1, 0.15) is 0 Å². The zero-order chi connectivity index (χ0) is 11.1. The van der Waals surface area contributed by atoms with E-state index in [0.717, 1.165) is 38.9 Å². The van der Waals surface area contributed by atoms with E-state index >= 15 is 0 Å². The van der Waals surface area contributed by atoms with Gasteiger partial charge in [0.15, 0.2) is 0 Å². The Morgan fingerprint density at radius 3 is 3.13 bits per heavy atom. The van der Waals surface area contributed by atoms with Crippen molar-refractivity contribution in [3.8, 4) is 12.3 Å². The quantitative estimate of drug-likeness (QED) is 0.516. The highest BCUT2D eigenvalue weighted by Gasteiger charge is 2.26. The molecule has 0 unspecified atom stereocenters. The Morgan fingerprint density at radius 2 is 2.47 bits per heavy atom. The topological polar surface area (TPSA) is 29.5 Å². The largest absolute Gasteiger partial charge is 0.466 e. The maximum absolute atomic E-state index is 11.5. The van der Waals surface area contributed by atoms with Crippen molar-refractivity contribution in [3.63, 3.8) is 0 Å². The van der Waals surface area contributed by atoms with E-state index in [2.05, 4.69) is 10.8 Å². The SMILES string of the molecule is C#CCCN1CCC[C@H](C(=O)OCC)C1. The van der Waals surface area contributed by atoms with Gasteiger partial charge < -0.3 is 9.64 Å². The minimum Gasteiger partial charge on any atom is -0.466 e. The number of hydrogen-bond acceptors (Lipinski definition) is 3. The standard InChI is InChI=1S/C12H19NO2/c1-3-5-8-13-9-6-7-11(10-13)12(14)15-4-2/h1,11H,4-10H2,2H3/t11-/m0/s1. The van der Waals surface area contributed by atoms with Crippen molar-refractivity contribution in [2.45, 2.75) is 26.2 Å². The molecule has 0 radical (unpaired) electrons. The number of hydrogen-bond donors (Lipinski definition) is 0. The van der Waals surface area contributed by atoms with Crippen molar-refractivity contribution < 1.29 is 9.53 Å². The van der Waals surface area contributed by atoms with E-state index in [9.17, 15) is 4.79 Å². The fourth-order valence-electron chi connectivity index (χ4n) is 1.93. The first kappa shape index (κ1) is 12.1. The molecule has 0 saturated carbocycles. The van der Waals surface area contributed by atoms with Gasteiger partial charge in [0.25, 0.3) is 0 Å². The summed E-state index contributed by atoms with van der Waals surface area (Å²) in [5.41, 5.74) is 0. The Balaban J connectivity index is 2.35. The summed E-state index contributed by atoms with van der Waals surface area (Å²) in [5.74, 6) is 2.63. The van der Waals surface area contributed by atoms with Gasteiger partial charge in [0.2, 0.25) is 0 Å². The Bertz CT molecular complexity index is 244. The van der Waals surface area contributed by atoms with E-state index in [-0.39, 0.29) is 11.9 Å². The van der Waals surface area contributed by atoms with E-state index < -0.39 is 0 Å². The van der Waals surface area contributed by atoms with Gasteiger partial charge in [-0.05, 0) is 26.3 Å². The van der Waals surface area contributed by atoms with Gasteiger partial charge in [0.05, 0.1) is 12.5 Å². The predicted molar refractivity (Wildman–Crippen MR) is 59.2 cm³/mol. The van der Waals surface area contributed by atoms with Crippen LogP contribution < -0.4 is 0 Å². The number of ether oxygens (including phenoxy) is 1. The molecule has 0 aromatic rings. The Morgan fingerprint density at radius 1 is 1.67 bits per heavy atom. The van der Waals surface area contributed by atoms with E-state index in [1.54, 1.807) is 0 Å². The molecule has 84 valence electrons. The van der Waals surface area contributed by atoms with Crippen LogP contribution in [0.15, 0.2) is 0 Å². The number of esters is 1. The molecule has 1 atom stereocenters. The molecular formula is C12H19NO2. The third kappa shape index (κ3) is 3.93. The summed E-state index contributed by atoms with van der Waals surface area (Å²) in [5, 5.41) is 0. The lowest BCUT2D eigenvalue weighted by Gasteiger charge is -2.30. The zero-order valence-electron chi connectivity index (χ0n) is 9.37. The van der Waals surface area contributed by atoms with Gasteiger partial charge >= 0.3 is 5.97 Å². The maximum Gasteiger partial charge on any atom is 0.310 e. The molecule has 1 aliphatic rings. The third-order valence-electron chi connectivity index (χ3n) is 2.70. The van der Waals surface area contributed by atoms with Crippen LogP contribution in [0.2, 0.25) is 0 Å². The minimum atomic E-state index is -0.0529. The van der Waals surface area contributed by atoms with Crippen LogP contribution in [0.5, 0.6) is 0 Å². The summed E-state index contributed by atoms with van der Waals surface area (Å²) in [4.78, 5) is 13.8. The summed E-state index contributed by atoms with van der Waals surface area (Å²) < 4.78 is 5.03. The minimum absolute atomic E-state index is 0.0523. The molecular weight excluding hydrogens is 190 g/mol. The Kier molecular flexibility index (Phi) is 5.20. The first-order valence-electron chi connectivity index (χ1n) is 5.60. The molecule has 15 heavy (non-hydrogen) atoms. The number of nitrogens with zero attached hydrogens (tertiary/aromatic N) is 1. The summed E-state index contributed by atoms with van der Waals surface area (Å²) in [6, 6.07) is 0. The normalized spacial score (nSPS) is 22.0. The fourth-order valence-corrected chi connectivity index (χ4v) is 1.93. The maximum atomic E-state index is 11.5. The van der Waals surface area contributed by atoms with Crippen molar-refractivity contribution in [2.75, 3.05) is 26.2 Å². The second kappa shape index (κ2) is 6.47. The molecule has 1 aliphatic heterocycles. The van der Waals surface area contributed by atoms with E-state index in [4.69, 9.17) is 11.2 Å². The molecule has 0 bridgehead atoms. The number of likely N-dealkylation sites (tertiary alicyclic amines) is 1. The van der Waals surface area contributed by atoms with E-state index in [1.165, 1.54) is 0 Å². The van der Waals surface area contributed by atoms with Gasteiger partial charge in [-0.25, -0.2) is 0 Å². The molecule has 3 heteroatoms. The molecule has 0 aliphatic carbocycles. The summed E-state index contributed by atoms with van der Waals surface area (Å²) in [6.07, 6.45) is 7.99. The number of terminal acetylenes is 1. The van der Waals surface area contributed by atoms with Crippen molar-refractivity contribution in [1.29, 1.82) is 0 Å². The average Bonchev–Trinajstić information content (AvgIpc) is 2.27. The average molecular weight is 209 g/mol. The monoisotopic (exact) mass is 209 g/mol. The second-order valence-corrected chi connectivity index (χ2v) is 3.85. The van der Waals surface area contributed by atoms with Crippen molar-refractivity contribution in [1.82, 2.24) is 4.90 Å². The second-order valence-electron chi connectivity index (χ2n) is 3.85. The van der Waals surface area contributed by atoms with Crippen molar-refractivity contribution in [2.24, 2.45) is 5.92 Å². The smallest absolute Gasteiger partial charge is 0.310 e. The molecule has 0 aromatic heterocycles. The molecule has 1 saturated heterocycles. The lowest BCUT2D eigenvalue weighted by atomic mass is 9.98. The first-order valence-corrected chi connectivity index (χ1v) is 5.60. The van der Waals surface area contributed by atoms with Crippen LogP contribution in [0.4, 0.5) is 0 Å². The summed E-state index contributed by atoms with van der Waals surface area (Å²) in [6.45, 7) is 5.07. The molecule has 0 spiro atoms. The van der Waals surface area contributed by atoms with Crippen LogP contribution in [-0.2, 0) is 9.53 Å². The summed E-state index contributed by atoms with van der Waals surface area (Å²) >= 11 is 0. The third-order valence-corrected chi connectivity index (χ3v) is 2.70. The molecule has 1 heterocycles. The van der Waals surface area contributed by atoms with E-state index in [1.807, 2.05) is 6.92 Å². The highest BCUT2D eigenvalue weighted by molar-refractivity contribution is 5.72. The predicted octanol–water partition coefficient (Wildman–Crippen LogP) is 1.28. The van der Waals surface area contributed by atoms with Crippen LogP contribution in [0.3, 0.4) is 0 Å². The number of piperidine rings is 1. The number of carbonyl (C=O) groups excluding carboxylic acids is 1. The van der Waals surface area contributed by atoms with Gasteiger partial charge in [0, 0.05) is 19.5 Å². The molecule has 3 nitrogen and oxygen atoms in total. The van der Waals surface area contributed by atoms with Gasteiger partial charge in [-0.2, -0.15) is 0 Å². The van der Waals surface area contributed by atoms with Gasteiger partial charge in [-0.15, -0.1) is 12.3 Å². The fraction of sp³-hybridized carbons (Fsp3) is 0.750. The highest BCUT2D eigenvalue weighted by atomic mass is 16.5. The molecule has 0 aromatic carbocycles. The number of rotatable bonds is 4. The van der Waals surface area contributed by atoms with Gasteiger partial charge in [-0.1, -0.05) is 0 Å². The van der Waals surface area contributed by atoms with E-state index in [0.29, 0.717) is 6.61 Å². The zero-order valence-corrected chi connectivity index (χ0v) is 9.37. The molecule has 1 rings (SSSR count). The number of carbonyl (C=O) groups is 1. The molecule has 0 N–H and O–H groups in total. The molecule has 1 fully saturated rings. The lowest BCUT2D eigenvalue weighted by molar-refractivity contribution is -0.149. The first-order chi connectivity index (χ1) is 7.27. The van der Waals surface area contributed by atoms with Crippen molar-refractivity contribution >= 4 is 5.97 Å². The van der Waals surface area contributed by atoms with Crippen LogP contribution in [0, 0.1) is 18.3 Å².